The third-order valence-electron chi connectivity index (χ3n) is 5.01. The van der Waals surface area contributed by atoms with Crippen LogP contribution >= 0.6 is 0 Å². The van der Waals surface area contributed by atoms with Crippen molar-refractivity contribution in [3.63, 3.8) is 0 Å². The Morgan fingerprint density at radius 3 is 2.09 bits per heavy atom. The number of hydrogen-bond donors (Lipinski definition) is 2. The zero-order valence-corrected chi connectivity index (χ0v) is 19.1. The Morgan fingerprint density at radius 2 is 1.50 bits per heavy atom. The number of nitrogens with two attached hydrogens (primary N) is 1. The van der Waals surface area contributed by atoms with Gasteiger partial charge in [0.1, 0.15) is 0 Å². The average molecular weight is 474 g/mol. The van der Waals surface area contributed by atoms with Gasteiger partial charge in [0, 0.05) is 18.3 Å². The Morgan fingerprint density at radius 1 is 0.875 bits per heavy atom. The number of anilines is 1. The molecule has 0 saturated heterocycles. The van der Waals surface area contributed by atoms with Crippen LogP contribution in [0.5, 0.6) is 0 Å². The fraction of sp³-hybridized carbons (Fsp3) is 0.136. The molecule has 0 aliphatic heterocycles. The van der Waals surface area contributed by atoms with Crippen LogP contribution in [0.4, 0.5) is 5.69 Å². The van der Waals surface area contributed by atoms with Crippen molar-refractivity contribution in [2.75, 3.05) is 11.8 Å². The summed E-state index contributed by atoms with van der Waals surface area (Å²) in [6.45, 7) is 1.75. The highest BCUT2D eigenvalue weighted by Crippen LogP contribution is 2.24. The van der Waals surface area contributed by atoms with Crippen LogP contribution in [-0.2, 0) is 20.0 Å². The van der Waals surface area contributed by atoms with Gasteiger partial charge in [-0.1, -0.05) is 30.3 Å². The molecule has 3 N–H and O–H groups in total. The van der Waals surface area contributed by atoms with Gasteiger partial charge in [-0.05, 0) is 61.0 Å². The third kappa shape index (κ3) is 5.34. The molecule has 168 valence electrons. The molecule has 1 amide bonds. The SMILES string of the molecule is CC(c1cccc(S(N)(=O)=O)c1)N(C)C(=O)c1ccc(S(=O)(=O)Nc2ccccc2)cc1. The molecular formula is C22H23N3O5S2. The smallest absolute Gasteiger partial charge is 0.261 e. The quantitative estimate of drug-likeness (QED) is 0.545. The lowest BCUT2D eigenvalue weighted by Gasteiger charge is -2.26. The van der Waals surface area contributed by atoms with Gasteiger partial charge in [0.25, 0.3) is 15.9 Å². The lowest BCUT2D eigenvalue weighted by Crippen LogP contribution is -2.30. The Kier molecular flexibility index (Phi) is 6.68. The standard InChI is InChI=1S/C22H23N3O5S2/c1-16(18-7-6-10-21(15-18)31(23,27)28)25(2)22(26)17-11-13-20(14-12-17)32(29,30)24-19-8-4-3-5-9-19/h3-16,24H,1-2H3,(H2,23,27,28). The first kappa shape index (κ1) is 23.5. The fourth-order valence-corrected chi connectivity index (χ4v) is 4.68. The highest BCUT2D eigenvalue weighted by molar-refractivity contribution is 7.92. The van der Waals surface area contributed by atoms with E-state index in [2.05, 4.69) is 4.72 Å². The van der Waals surface area contributed by atoms with Crippen molar-refractivity contribution in [2.45, 2.75) is 22.8 Å². The van der Waals surface area contributed by atoms with Crippen LogP contribution < -0.4 is 9.86 Å². The number of rotatable bonds is 7. The highest BCUT2D eigenvalue weighted by atomic mass is 32.2. The van der Waals surface area contributed by atoms with E-state index in [0.29, 0.717) is 16.8 Å². The largest absolute Gasteiger partial charge is 0.335 e. The second kappa shape index (κ2) is 9.11. The van der Waals surface area contributed by atoms with Crippen LogP contribution in [0.15, 0.2) is 88.7 Å². The van der Waals surface area contributed by atoms with E-state index in [1.54, 1.807) is 56.4 Å². The number of carbonyl (C=O) groups excluding carboxylic acids is 1. The molecule has 0 aliphatic carbocycles. The van der Waals surface area contributed by atoms with E-state index in [0.717, 1.165) is 0 Å². The molecule has 0 spiro atoms. The summed E-state index contributed by atoms with van der Waals surface area (Å²) in [5.41, 5.74) is 1.32. The zero-order chi connectivity index (χ0) is 23.5. The van der Waals surface area contributed by atoms with E-state index in [1.807, 2.05) is 0 Å². The Hall–Kier alpha value is -3.21. The molecule has 0 bridgehead atoms. The van der Waals surface area contributed by atoms with E-state index in [-0.39, 0.29) is 15.7 Å². The molecule has 0 radical (unpaired) electrons. The second-order valence-electron chi connectivity index (χ2n) is 7.21. The monoisotopic (exact) mass is 473 g/mol. The highest BCUT2D eigenvalue weighted by Gasteiger charge is 2.21. The molecular weight excluding hydrogens is 450 g/mol. The Balaban J connectivity index is 1.78. The van der Waals surface area contributed by atoms with Gasteiger partial charge in [-0.2, -0.15) is 0 Å². The van der Waals surface area contributed by atoms with E-state index >= 15 is 0 Å². The van der Waals surface area contributed by atoms with Crippen LogP contribution in [0.3, 0.4) is 0 Å². The van der Waals surface area contributed by atoms with Crippen molar-refractivity contribution < 1.29 is 21.6 Å². The summed E-state index contributed by atoms with van der Waals surface area (Å²) in [5.74, 6) is -0.349. The Labute approximate surface area is 187 Å². The minimum atomic E-state index is -3.86. The van der Waals surface area contributed by atoms with Crippen molar-refractivity contribution in [1.82, 2.24) is 4.90 Å². The van der Waals surface area contributed by atoms with Crippen molar-refractivity contribution in [1.29, 1.82) is 0 Å². The minimum absolute atomic E-state index is 0.0226. The van der Waals surface area contributed by atoms with Crippen LogP contribution in [0.2, 0.25) is 0 Å². The molecule has 0 aliphatic rings. The number of nitrogens with zero attached hydrogens (tertiary/aromatic N) is 1. The van der Waals surface area contributed by atoms with E-state index < -0.39 is 26.1 Å². The van der Waals surface area contributed by atoms with E-state index in [9.17, 15) is 21.6 Å². The lowest BCUT2D eigenvalue weighted by molar-refractivity contribution is 0.0742. The molecule has 0 aromatic heterocycles. The number of sulfonamides is 2. The maximum atomic E-state index is 12.9. The summed E-state index contributed by atoms with van der Waals surface area (Å²) in [4.78, 5) is 14.3. The molecule has 0 heterocycles. The Bertz CT molecular complexity index is 1320. The van der Waals surface area contributed by atoms with E-state index in [4.69, 9.17) is 5.14 Å². The van der Waals surface area contributed by atoms with Crippen LogP contribution in [0, 0.1) is 0 Å². The van der Waals surface area contributed by atoms with Crippen molar-refractivity contribution in [2.24, 2.45) is 5.14 Å². The molecule has 32 heavy (non-hydrogen) atoms. The van der Waals surface area contributed by atoms with Crippen LogP contribution in [-0.4, -0.2) is 34.7 Å². The molecule has 8 nitrogen and oxygen atoms in total. The molecule has 3 aromatic carbocycles. The van der Waals surface area contributed by atoms with Gasteiger partial charge < -0.3 is 4.90 Å². The third-order valence-corrected chi connectivity index (χ3v) is 7.32. The van der Waals surface area contributed by atoms with Gasteiger partial charge >= 0.3 is 0 Å². The summed E-state index contributed by atoms with van der Waals surface area (Å²) < 4.78 is 50.8. The predicted octanol–water partition coefficient (Wildman–Crippen LogP) is 2.97. The van der Waals surface area contributed by atoms with Gasteiger partial charge in [0.2, 0.25) is 10.0 Å². The number of nitrogens with one attached hydrogen (secondary N) is 1. The van der Waals surface area contributed by atoms with Crippen molar-refractivity contribution >= 4 is 31.6 Å². The van der Waals surface area contributed by atoms with Gasteiger partial charge in [-0.3, -0.25) is 9.52 Å². The number of hydrogen-bond acceptors (Lipinski definition) is 5. The van der Waals surface area contributed by atoms with E-state index in [1.165, 1.54) is 41.3 Å². The number of carbonyl (C=O) groups is 1. The van der Waals surface area contributed by atoms with Crippen LogP contribution in [0.1, 0.15) is 28.9 Å². The molecule has 1 atom stereocenters. The molecule has 10 heteroatoms. The van der Waals surface area contributed by atoms with Gasteiger partial charge in [0.05, 0.1) is 15.8 Å². The molecule has 3 aromatic rings. The summed E-state index contributed by atoms with van der Waals surface area (Å²) in [7, 11) is -6.08. The van der Waals surface area contributed by atoms with Crippen molar-refractivity contribution in [3.8, 4) is 0 Å². The molecule has 0 fully saturated rings. The minimum Gasteiger partial charge on any atom is -0.335 e. The number of para-hydroxylation sites is 1. The first-order valence-corrected chi connectivity index (χ1v) is 12.6. The topological polar surface area (TPSA) is 127 Å². The maximum Gasteiger partial charge on any atom is 0.261 e. The van der Waals surface area contributed by atoms with Crippen molar-refractivity contribution in [3.05, 3.63) is 90.0 Å². The summed E-state index contributed by atoms with van der Waals surface area (Å²) >= 11 is 0. The zero-order valence-electron chi connectivity index (χ0n) is 17.5. The fourth-order valence-electron chi connectivity index (χ4n) is 3.05. The van der Waals surface area contributed by atoms with Gasteiger partial charge in [0.15, 0.2) is 0 Å². The number of amides is 1. The normalized spacial score (nSPS) is 12.7. The summed E-state index contributed by atoms with van der Waals surface area (Å²) in [6.07, 6.45) is 0. The van der Waals surface area contributed by atoms with Gasteiger partial charge in [-0.25, -0.2) is 22.0 Å². The van der Waals surface area contributed by atoms with Gasteiger partial charge in [-0.15, -0.1) is 0 Å². The molecule has 1 unspecified atom stereocenters. The number of benzene rings is 3. The first-order valence-electron chi connectivity index (χ1n) is 9.57. The van der Waals surface area contributed by atoms with Crippen LogP contribution in [0.25, 0.3) is 0 Å². The number of primary sulfonamides is 1. The predicted molar refractivity (Wildman–Crippen MR) is 122 cm³/mol. The maximum absolute atomic E-state index is 12.9. The lowest BCUT2D eigenvalue weighted by atomic mass is 10.1. The first-order chi connectivity index (χ1) is 15.0. The summed E-state index contributed by atoms with van der Waals surface area (Å²) in [5, 5.41) is 5.19. The second-order valence-corrected chi connectivity index (χ2v) is 10.4. The average Bonchev–Trinajstić information content (AvgIpc) is 2.77. The molecule has 0 saturated carbocycles. The molecule has 3 rings (SSSR count). The summed E-state index contributed by atoms with van der Waals surface area (Å²) in [6, 6.07) is 19.7.